The molecule has 7 heteroatoms. The van der Waals surface area contributed by atoms with Crippen LogP contribution < -0.4 is 0 Å². The summed E-state index contributed by atoms with van der Waals surface area (Å²) >= 11 is 5.50. The highest BCUT2D eigenvalue weighted by atomic mass is 35.5. The van der Waals surface area contributed by atoms with E-state index in [1.807, 2.05) is 0 Å². The van der Waals surface area contributed by atoms with Crippen molar-refractivity contribution in [2.45, 2.75) is 13.3 Å². The van der Waals surface area contributed by atoms with Crippen LogP contribution in [0, 0.1) is 11.3 Å². The van der Waals surface area contributed by atoms with E-state index in [0.29, 0.717) is 0 Å². The summed E-state index contributed by atoms with van der Waals surface area (Å²) in [5.74, 6) is -0.813. The molecule has 0 spiro atoms. The molecule has 0 atom stereocenters. The number of nitrogens with zero attached hydrogens (tertiary/aromatic N) is 2. The van der Waals surface area contributed by atoms with Crippen molar-refractivity contribution in [3.8, 4) is 6.07 Å². The highest BCUT2D eigenvalue weighted by Crippen LogP contribution is 2.29. The van der Waals surface area contributed by atoms with Crippen molar-refractivity contribution in [2.75, 3.05) is 6.61 Å². The predicted molar refractivity (Wildman–Crippen MR) is 54.9 cm³/mol. The van der Waals surface area contributed by atoms with E-state index in [1.165, 1.54) is 0 Å². The first-order chi connectivity index (χ1) is 8.01. The maximum Gasteiger partial charge on any atom is 0.357 e. The minimum atomic E-state index is -2.93. The minimum Gasteiger partial charge on any atom is -0.461 e. The molecule has 1 heterocycles. The summed E-state index contributed by atoms with van der Waals surface area (Å²) in [7, 11) is 0. The summed E-state index contributed by atoms with van der Waals surface area (Å²) in [5.41, 5.74) is -1.33. The lowest BCUT2D eigenvalue weighted by atomic mass is 10.1. The molecule has 0 aliphatic carbocycles. The van der Waals surface area contributed by atoms with Gasteiger partial charge in [0.15, 0.2) is 5.69 Å². The van der Waals surface area contributed by atoms with Crippen LogP contribution in [-0.4, -0.2) is 17.6 Å². The zero-order valence-corrected chi connectivity index (χ0v) is 9.46. The normalized spacial score (nSPS) is 10.1. The van der Waals surface area contributed by atoms with Crippen molar-refractivity contribution in [2.24, 2.45) is 0 Å². The second-order valence-electron chi connectivity index (χ2n) is 2.89. The number of hydrogen-bond donors (Lipinski definition) is 0. The van der Waals surface area contributed by atoms with Gasteiger partial charge in [-0.1, -0.05) is 11.6 Å². The number of halogens is 3. The van der Waals surface area contributed by atoms with E-state index in [1.54, 1.807) is 13.0 Å². The van der Waals surface area contributed by atoms with E-state index in [2.05, 4.69) is 9.72 Å². The van der Waals surface area contributed by atoms with Crippen molar-refractivity contribution in [3.63, 3.8) is 0 Å². The van der Waals surface area contributed by atoms with Crippen LogP contribution in [0.5, 0.6) is 0 Å². The number of carbonyl (C=O) groups is 1. The number of hydrogen-bond acceptors (Lipinski definition) is 4. The van der Waals surface area contributed by atoms with Gasteiger partial charge >= 0.3 is 5.97 Å². The first-order valence-electron chi connectivity index (χ1n) is 4.57. The Morgan fingerprint density at radius 1 is 1.71 bits per heavy atom. The Labute approximate surface area is 101 Å². The molecule has 0 aliphatic rings. The highest BCUT2D eigenvalue weighted by Gasteiger charge is 2.22. The average Bonchev–Trinajstić information content (AvgIpc) is 2.27. The van der Waals surface area contributed by atoms with Gasteiger partial charge < -0.3 is 4.74 Å². The van der Waals surface area contributed by atoms with E-state index < -0.39 is 23.1 Å². The van der Waals surface area contributed by atoms with Crippen LogP contribution in [0.25, 0.3) is 0 Å². The fourth-order valence-electron chi connectivity index (χ4n) is 1.13. The first kappa shape index (κ1) is 13.3. The Hall–Kier alpha value is -1.74. The average molecular weight is 261 g/mol. The van der Waals surface area contributed by atoms with Crippen molar-refractivity contribution in [1.29, 1.82) is 5.26 Å². The van der Waals surface area contributed by atoms with Gasteiger partial charge in [0, 0.05) is 0 Å². The molecule has 0 fully saturated rings. The number of aromatic nitrogens is 1. The molecule has 90 valence electrons. The predicted octanol–water partition coefficient (Wildman–Crippen LogP) is 2.72. The number of alkyl halides is 2. The SMILES string of the molecule is CCOC(=O)c1cc(C#N)c(C(F)F)c(Cl)n1. The molecule has 0 bridgehead atoms. The standard InChI is InChI=1S/C10H7ClF2N2O2/c1-2-17-10(16)6-3-5(4-14)7(9(12)13)8(11)15-6/h3,9H,2H2,1H3. The maximum atomic E-state index is 12.6. The van der Waals surface area contributed by atoms with Gasteiger partial charge in [-0.15, -0.1) is 0 Å². The van der Waals surface area contributed by atoms with Gasteiger partial charge in [-0.05, 0) is 13.0 Å². The van der Waals surface area contributed by atoms with Gasteiger partial charge in [0.05, 0.1) is 23.8 Å². The van der Waals surface area contributed by atoms with E-state index in [0.717, 1.165) is 6.07 Å². The molecule has 0 aromatic carbocycles. The molecule has 1 rings (SSSR count). The number of esters is 1. The van der Waals surface area contributed by atoms with Crippen LogP contribution in [-0.2, 0) is 4.74 Å². The van der Waals surface area contributed by atoms with Gasteiger partial charge in [0.25, 0.3) is 6.43 Å². The monoisotopic (exact) mass is 260 g/mol. The van der Waals surface area contributed by atoms with Crippen LogP contribution >= 0.6 is 11.6 Å². The summed E-state index contributed by atoms with van der Waals surface area (Å²) < 4.78 is 29.8. The molecule has 0 amide bonds. The van der Waals surface area contributed by atoms with Crippen LogP contribution in [0.2, 0.25) is 5.15 Å². The van der Waals surface area contributed by atoms with Crippen LogP contribution in [0.1, 0.15) is 35.0 Å². The number of rotatable bonds is 3. The zero-order chi connectivity index (χ0) is 13.0. The summed E-state index contributed by atoms with van der Waals surface area (Å²) in [4.78, 5) is 14.8. The third kappa shape index (κ3) is 2.88. The third-order valence-corrected chi connectivity index (χ3v) is 2.12. The van der Waals surface area contributed by atoms with Gasteiger partial charge in [-0.25, -0.2) is 18.6 Å². The molecular formula is C10H7ClF2N2O2. The fraction of sp³-hybridized carbons (Fsp3) is 0.300. The van der Waals surface area contributed by atoms with Crippen molar-refractivity contribution < 1.29 is 18.3 Å². The summed E-state index contributed by atoms with van der Waals surface area (Å²) in [6.07, 6.45) is -2.93. The molecule has 0 radical (unpaired) electrons. The van der Waals surface area contributed by atoms with Crippen LogP contribution in [0.15, 0.2) is 6.07 Å². The third-order valence-electron chi connectivity index (χ3n) is 1.84. The smallest absolute Gasteiger partial charge is 0.357 e. The molecule has 0 N–H and O–H groups in total. The number of ether oxygens (including phenoxy) is 1. The second-order valence-corrected chi connectivity index (χ2v) is 3.25. The quantitative estimate of drug-likeness (QED) is 0.619. The lowest BCUT2D eigenvalue weighted by molar-refractivity contribution is 0.0519. The topological polar surface area (TPSA) is 63.0 Å². The zero-order valence-electron chi connectivity index (χ0n) is 8.71. The molecule has 1 aromatic rings. The van der Waals surface area contributed by atoms with Crippen LogP contribution in [0.4, 0.5) is 8.78 Å². The van der Waals surface area contributed by atoms with E-state index in [4.69, 9.17) is 16.9 Å². The number of pyridine rings is 1. The Morgan fingerprint density at radius 2 is 2.35 bits per heavy atom. The summed E-state index contributed by atoms with van der Waals surface area (Å²) in [6.45, 7) is 1.69. The Kier molecular flexibility index (Phi) is 4.35. The van der Waals surface area contributed by atoms with Crippen molar-refractivity contribution in [3.05, 3.63) is 28.0 Å². The van der Waals surface area contributed by atoms with Gasteiger partial charge in [-0.3, -0.25) is 0 Å². The lowest BCUT2D eigenvalue weighted by Gasteiger charge is -2.07. The molecule has 0 aliphatic heterocycles. The Morgan fingerprint density at radius 3 is 2.82 bits per heavy atom. The molecule has 0 saturated heterocycles. The Bertz CT molecular complexity index is 486. The van der Waals surface area contributed by atoms with Gasteiger partial charge in [0.2, 0.25) is 0 Å². The summed E-state index contributed by atoms with van der Waals surface area (Å²) in [6, 6.07) is 2.48. The summed E-state index contributed by atoms with van der Waals surface area (Å²) in [5, 5.41) is 8.14. The molecule has 0 saturated carbocycles. The largest absolute Gasteiger partial charge is 0.461 e. The van der Waals surface area contributed by atoms with E-state index in [9.17, 15) is 13.6 Å². The second kappa shape index (κ2) is 5.55. The van der Waals surface area contributed by atoms with E-state index >= 15 is 0 Å². The molecule has 0 unspecified atom stereocenters. The molecule has 17 heavy (non-hydrogen) atoms. The Balaban J connectivity index is 3.28. The van der Waals surface area contributed by atoms with Gasteiger partial charge in [0.1, 0.15) is 5.15 Å². The minimum absolute atomic E-state index is 0.108. The van der Waals surface area contributed by atoms with E-state index in [-0.39, 0.29) is 17.9 Å². The highest BCUT2D eigenvalue weighted by molar-refractivity contribution is 6.30. The van der Waals surface area contributed by atoms with Gasteiger partial charge in [-0.2, -0.15) is 5.26 Å². The number of nitriles is 1. The molecule has 1 aromatic heterocycles. The maximum absolute atomic E-state index is 12.6. The van der Waals surface area contributed by atoms with Crippen molar-refractivity contribution in [1.82, 2.24) is 4.98 Å². The van der Waals surface area contributed by atoms with Crippen molar-refractivity contribution >= 4 is 17.6 Å². The first-order valence-corrected chi connectivity index (χ1v) is 4.94. The fourth-order valence-corrected chi connectivity index (χ4v) is 1.41. The molecule has 4 nitrogen and oxygen atoms in total. The molecular weight excluding hydrogens is 254 g/mol. The lowest BCUT2D eigenvalue weighted by Crippen LogP contribution is -2.09. The van der Waals surface area contributed by atoms with Crippen LogP contribution in [0.3, 0.4) is 0 Å². The number of carbonyl (C=O) groups excluding carboxylic acids is 1.